The molecule has 0 amide bonds. The van der Waals surface area contributed by atoms with Crippen LogP contribution in [0.25, 0.3) is 0 Å². The maximum atomic E-state index is 11.8. The van der Waals surface area contributed by atoms with Gasteiger partial charge in [0.05, 0.1) is 11.8 Å². The molecule has 1 aromatic heterocycles. The highest BCUT2D eigenvalue weighted by molar-refractivity contribution is 9.10. The molecule has 70 valence electrons. The van der Waals surface area contributed by atoms with E-state index in [9.17, 15) is 4.79 Å². The van der Waals surface area contributed by atoms with Gasteiger partial charge in [0.15, 0.2) is 5.78 Å². The first-order valence-electron chi connectivity index (χ1n) is 4.10. The average molecular weight is 251 g/mol. The summed E-state index contributed by atoms with van der Waals surface area (Å²) in [6.07, 6.45) is 2.94. The molecule has 0 unspecified atom stereocenters. The molecule has 0 saturated heterocycles. The molecular weight excluding hydrogens is 244 g/mol. The molecule has 14 heavy (non-hydrogen) atoms. The summed E-state index contributed by atoms with van der Waals surface area (Å²) < 4.78 is 5.66. The van der Waals surface area contributed by atoms with Gasteiger partial charge < -0.3 is 4.42 Å². The van der Waals surface area contributed by atoms with Crippen LogP contribution in [0.5, 0.6) is 0 Å². The molecule has 0 aliphatic rings. The predicted molar refractivity (Wildman–Crippen MR) is 56.3 cm³/mol. The van der Waals surface area contributed by atoms with Gasteiger partial charge in [-0.2, -0.15) is 0 Å². The standard InChI is InChI=1S/C11H7BrO2/c12-10-4-2-1-3-9(10)11(13)8-5-6-14-7-8/h1-7H. The topological polar surface area (TPSA) is 30.2 Å². The third-order valence-electron chi connectivity index (χ3n) is 1.90. The molecule has 0 N–H and O–H groups in total. The molecule has 0 radical (unpaired) electrons. The minimum Gasteiger partial charge on any atom is -0.472 e. The number of carbonyl (C=O) groups is 1. The van der Waals surface area contributed by atoms with Gasteiger partial charge in [0.2, 0.25) is 0 Å². The fourth-order valence-corrected chi connectivity index (χ4v) is 1.66. The fraction of sp³-hybridized carbons (Fsp3) is 0. The van der Waals surface area contributed by atoms with E-state index in [1.807, 2.05) is 18.2 Å². The minimum absolute atomic E-state index is 0.0359. The first-order chi connectivity index (χ1) is 6.79. The SMILES string of the molecule is O=C(c1ccoc1)c1ccccc1Br. The quantitative estimate of drug-likeness (QED) is 0.766. The smallest absolute Gasteiger partial charge is 0.197 e. The Bertz CT molecular complexity index is 446. The highest BCUT2D eigenvalue weighted by atomic mass is 79.9. The first kappa shape index (κ1) is 9.21. The normalized spacial score (nSPS) is 10.1. The number of hydrogen-bond acceptors (Lipinski definition) is 2. The number of ketones is 1. The summed E-state index contributed by atoms with van der Waals surface area (Å²) in [6.45, 7) is 0. The van der Waals surface area contributed by atoms with Crippen LogP contribution in [0.2, 0.25) is 0 Å². The zero-order valence-electron chi connectivity index (χ0n) is 7.24. The summed E-state index contributed by atoms with van der Waals surface area (Å²) in [5, 5.41) is 0. The largest absolute Gasteiger partial charge is 0.472 e. The van der Waals surface area contributed by atoms with Gasteiger partial charge in [-0.15, -0.1) is 0 Å². The van der Waals surface area contributed by atoms with Crippen molar-refractivity contribution >= 4 is 21.7 Å². The van der Waals surface area contributed by atoms with Gasteiger partial charge in [0.1, 0.15) is 6.26 Å². The van der Waals surface area contributed by atoms with Crippen molar-refractivity contribution < 1.29 is 9.21 Å². The van der Waals surface area contributed by atoms with E-state index in [4.69, 9.17) is 4.42 Å². The van der Waals surface area contributed by atoms with Crippen molar-refractivity contribution in [3.05, 3.63) is 58.5 Å². The Morgan fingerprint density at radius 1 is 1.21 bits per heavy atom. The number of furan rings is 1. The Balaban J connectivity index is 2.42. The van der Waals surface area contributed by atoms with Crippen LogP contribution in [-0.4, -0.2) is 5.78 Å². The Hall–Kier alpha value is -1.35. The lowest BCUT2D eigenvalue weighted by Crippen LogP contribution is -1.99. The van der Waals surface area contributed by atoms with Gasteiger partial charge in [0, 0.05) is 10.0 Å². The van der Waals surface area contributed by atoms with Crippen LogP contribution < -0.4 is 0 Å². The molecule has 0 aliphatic heterocycles. The minimum atomic E-state index is -0.0359. The van der Waals surface area contributed by atoms with Crippen LogP contribution in [0.15, 0.2) is 51.7 Å². The molecular formula is C11H7BrO2. The van der Waals surface area contributed by atoms with E-state index < -0.39 is 0 Å². The molecule has 0 atom stereocenters. The maximum absolute atomic E-state index is 11.8. The molecule has 2 nitrogen and oxygen atoms in total. The van der Waals surface area contributed by atoms with Crippen LogP contribution in [0.3, 0.4) is 0 Å². The van der Waals surface area contributed by atoms with Crippen molar-refractivity contribution in [2.75, 3.05) is 0 Å². The van der Waals surface area contributed by atoms with Crippen molar-refractivity contribution in [2.45, 2.75) is 0 Å². The van der Waals surface area contributed by atoms with Gasteiger partial charge in [-0.05, 0) is 18.2 Å². The zero-order chi connectivity index (χ0) is 9.97. The fourth-order valence-electron chi connectivity index (χ4n) is 1.19. The Morgan fingerprint density at radius 2 is 2.00 bits per heavy atom. The van der Waals surface area contributed by atoms with Crippen LogP contribution >= 0.6 is 15.9 Å². The van der Waals surface area contributed by atoms with Crippen molar-refractivity contribution in [1.29, 1.82) is 0 Å². The molecule has 0 spiro atoms. The van der Waals surface area contributed by atoms with Gasteiger partial charge in [-0.1, -0.05) is 28.1 Å². The number of rotatable bonds is 2. The molecule has 1 heterocycles. The van der Waals surface area contributed by atoms with E-state index in [1.54, 1.807) is 12.1 Å². The van der Waals surface area contributed by atoms with Crippen molar-refractivity contribution in [1.82, 2.24) is 0 Å². The second kappa shape index (κ2) is 3.80. The molecule has 0 saturated carbocycles. The number of hydrogen-bond donors (Lipinski definition) is 0. The van der Waals surface area contributed by atoms with E-state index in [-0.39, 0.29) is 5.78 Å². The van der Waals surface area contributed by atoms with E-state index in [2.05, 4.69) is 15.9 Å². The summed E-state index contributed by atoms with van der Waals surface area (Å²) in [4.78, 5) is 11.8. The highest BCUT2D eigenvalue weighted by Gasteiger charge is 2.12. The van der Waals surface area contributed by atoms with Crippen LogP contribution in [0.1, 0.15) is 15.9 Å². The summed E-state index contributed by atoms with van der Waals surface area (Å²) in [5.74, 6) is -0.0359. The Labute approximate surface area is 89.7 Å². The lowest BCUT2D eigenvalue weighted by molar-refractivity contribution is 0.103. The number of benzene rings is 1. The third-order valence-corrected chi connectivity index (χ3v) is 2.59. The van der Waals surface area contributed by atoms with Crippen LogP contribution in [0.4, 0.5) is 0 Å². The molecule has 0 aliphatic carbocycles. The summed E-state index contributed by atoms with van der Waals surface area (Å²) in [7, 11) is 0. The lowest BCUT2D eigenvalue weighted by atomic mass is 10.1. The van der Waals surface area contributed by atoms with Gasteiger partial charge in [-0.3, -0.25) is 4.79 Å². The molecule has 2 rings (SSSR count). The van der Waals surface area contributed by atoms with Gasteiger partial charge >= 0.3 is 0 Å². The summed E-state index contributed by atoms with van der Waals surface area (Å²) >= 11 is 3.33. The second-order valence-corrected chi connectivity index (χ2v) is 3.68. The highest BCUT2D eigenvalue weighted by Crippen LogP contribution is 2.19. The summed E-state index contributed by atoms with van der Waals surface area (Å²) in [6, 6.07) is 8.98. The van der Waals surface area contributed by atoms with E-state index in [0.717, 1.165) is 4.47 Å². The second-order valence-electron chi connectivity index (χ2n) is 2.82. The lowest BCUT2D eigenvalue weighted by Gasteiger charge is -1.99. The number of carbonyl (C=O) groups excluding carboxylic acids is 1. The Morgan fingerprint density at radius 3 is 2.64 bits per heavy atom. The van der Waals surface area contributed by atoms with Crippen LogP contribution in [0, 0.1) is 0 Å². The van der Waals surface area contributed by atoms with Crippen molar-refractivity contribution in [3.63, 3.8) is 0 Å². The average Bonchev–Trinajstić information content (AvgIpc) is 2.70. The Kier molecular flexibility index (Phi) is 2.50. The molecule has 3 heteroatoms. The zero-order valence-corrected chi connectivity index (χ0v) is 8.82. The predicted octanol–water partition coefficient (Wildman–Crippen LogP) is 3.27. The van der Waals surface area contributed by atoms with E-state index in [1.165, 1.54) is 12.5 Å². The van der Waals surface area contributed by atoms with Crippen LogP contribution in [-0.2, 0) is 0 Å². The third kappa shape index (κ3) is 1.63. The van der Waals surface area contributed by atoms with Gasteiger partial charge in [-0.25, -0.2) is 0 Å². The van der Waals surface area contributed by atoms with E-state index in [0.29, 0.717) is 11.1 Å². The number of halogens is 1. The monoisotopic (exact) mass is 250 g/mol. The van der Waals surface area contributed by atoms with Crippen molar-refractivity contribution in [2.24, 2.45) is 0 Å². The molecule has 0 bridgehead atoms. The molecule has 0 fully saturated rings. The van der Waals surface area contributed by atoms with Gasteiger partial charge in [0.25, 0.3) is 0 Å². The molecule has 2 aromatic rings. The van der Waals surface area contributed by atoms with Crippen molar-refractivity contribution in [3.8, 4) is 0 Å². The molecule has 1 aromatic carbocycles. The van der Waals surface area contributed by atoms with E-state index >= 15 is 0 Å². The maximum Gasteiger partial charge on any atom is 0.197 e. The first-order valence-corrected chi connectivity index (χ1v) is 4.90. The summed E-state index contributed by atoms with van der Waals surface area (Å²) in [5.41, 5.74) is 1.21.